The number of piperidine rings is 2. The van der Waals surface area contributed by atoms with E-state index in [1.165, 1.54) is 25.9 Å². The van der Waals surface area contributed by atoms with Gasteiger partial charge in [0.05, 0.1) is 6.54 Å². The number of nitrogens with zero attached hydrogens (tertiary/aromatic N) is 3. The zero-order chi connectivity index (χ0) is 14.5. The molecule has 0 atom stereocenters. The SMILES string of the molecule is CN1CCC(CN(C)CC(=O)N2CCC(=O)CC2)CC1. The molecule has 2 rings (SSSR count). The van der Waals surface area contributed by atoms with Crippen LogP contribution >= 0.6 is 0 Å². The average Bonchev–Trinajstić information content (AvgIpc) is 2.42. The van der Waals surface area contributed by atoms with Gasteiger partial charge < -0.3 is 9.80 Å². The molecule has 0 saturated carbocycles. The van der Waals surface area contributed by atoms with Crippen molar-refractivity contribution in [3.8, 4) is 0 Å². The van der Waals surface area contributed by atoms with Gasteiger partial charge in [-0.1, -0.05) is 0 Å². The summed E-state index contributed by atoms with van der Waals surface area (Å²) in [6.45, 7) is 5.05. The van der Waals surface area contributed by atoms with Gasteiger partial charge in [0.2, 0.25) is 5.91 Å². The number of rotatable bonds is 4. The zero-order valence-corrected chi connectivity index (χ0v) is 12.8. The lowest BCUT2D eigenvalue weighted by Crippen LogP contribution is -2.45. The second kappa shape index (κ2) is 7.18. The van der Waals surface area contributed by atoms with Gasteiger partial charge in [0.25, 0.3) is 0 Å². The maximum absolute atomic E-state index is 12.2. The molecule has 0 unspecified atom stereocenters. The molecule has 2 heterocycles. The summed E-state index contributed by atoms with van der Waals surface area (Å²) in [7, 11) is 4.20. The van der Waals surface area contributed by atoms with Crippen molar-refractivity contribution in [2.75, 3.05) is 53.4 Å². The third kappa shape index (κ3) is 4.56. The van der Waals surface area contributed by atoms with Crippen LogP contribution in [0.1, 0.15) is 25.7 Å². The van der Waals surface area contributed by atoms with Crippen LogP contribution in [0.5, 0.6) is 0 Å². The summed E-state index contributed by atoms with van der Waals surface area (Å²) in [5, 5.41) is 0. The Morgan fingerprint density at radius 1 is 1.20 bits per heavy atom. The largest absolute Gasteiger partial charge is 0.341 e. The third-order valence-electron chi connectivity index (χ3n) is 4.49. The molecule has 5 nitrogen and oxygen atoms in total. The van der Waals surface area contributed by atoms with Gasteiger partial charge in [-0.05, 0) is 45.9 Å². The Kier molecular flexibility index (Phi) is 5.54. The van der Waals surface area contributed by atoms with Crippen molar-refractivity contribution >= 4 is 11.7 Å². The fourth-order valence-corrected chi connectivity index (χ4v) is 3.09. The Morgan fingerprint density at radius 3 is 2.40 bits per heavy atom. The van der Waals surface area contributed by atoms with E-state index in [0.29, 0.717) is 38.4 Å². The normalized spacial score (nSPS) is 22.6. The minimum absolute atomic E-state index is 0.174. The lowest BCUT2D eigenvalue weighted by molar-refractivity contribution is -0.135. The van der Waals surface area contributed by atoms with E-state index in [0.717, 1.165) is 6.54 Å². The summed E-state index contributed by atoms with van der Waals surface area (Å²) in [6, 6.07) is 0. The molecule has 2 aliphatic rings. The molecular formula is C15H27N3O2. The van der Waals surface area contributed by atoms with Crippen molar-refractivity contribution in [2.45, 2.75) is 25.7 Å². The molecule has 5 heteroatoms. The van der Waals surface area contributed by atoms with Crippen LogP contribution in [0.4, 0.5) is 0 Å². The van der Waals surface area contributed by atoms with E-state index in [2.05, 4.69) is 16.8 Å². The van der Waals surface area contributed by atoms with Gasteiger partial charge in [-0.15, -0.1) is 0 Å². The average molecular weight is 281 g/mol. The highest BCUT2D eigenvalue weighted by molar-refractivity contribution is 5.84. The lowest BCUT2D eigenvalue weighted by atomic mass is 9.97. The van der Waals surface area contributed by atoms with Gasteiger partial charge >= 0.3 is 0 Å². The van der Waals surface area contributed by atoms with E-state index >= 15 is 0 Å². The van der Waals surface area contributed by atoms with E-state index in [4.69, 9.17) is 0 Å². The first-order valence-corrected chi connectivity index (χ1v) is 7.71. The molecule has 0 aromatic rings. The summed E-state index contributed by atoms with van der Waals surface area (Å²) in [5.41, 5.74) is 0. The van der Waals surface area contributed by atoms with Gasteiger partial charge in [0.15, 0.2) is 0 Å². The van der Waals surface area contributed by atoms with Crippen LogP contribution in [-0.2, 0) is 9.59 Å². The highest BCUT2D eigenvalue weighted by atomic mass is 16.2. The first kappa shape index (κ1) is 15.4. The maximum Gasteiger partial charge on any atom is 0.236 e. The Bertz CT molecular complexity index is 341. The highest BCUT2D eigenvalue weighted by Crippen LogP contribution is 2.17. The fraction of sp³-hybridized carbons (Fsp3) is 0.867. The molecule has 0 radical (unpaired) electrons. The number of hydrogen-bond acceptors (Lipinski definition) is 4. The number of hydrogen-bond donors (Lipinski definition) is 0. The van der Waals surface area contributed by atoms with Crippen molar-refractivity contribution in [2.24, 2.45) is 5.92 Å². The van der Waals surface area contributed by atoms with Crippen molar-refractivity contribution in [1.82, 2.24) is 14.7 Å². The Hall–Kier alpha value is -0.940. The second-order valence-electron chi connectivity index (χ2n) is 6.36. The predicted molar refractivity (Wildman–Crippen MR) is 78.5 cm³/mol. The molecule has 1 amide bonds. The summed E-state index contributed by atoms with van der Waals surface area (Å²) in [4.78, 5) is 29.7. The van der Waals surface area contributed by atoms with Crippen LogP contribution < -0.4 is 0 Å². The topological polar surface area (TPSA) is 43.9 Å². The Labute approximate surface area is 121 Å². The molecular weight excluding hydrogens is 254 g/mol. The van der Waals surface area contributed by atoms with Crippen molar-refractivity contribution < 1.29 is 9.59 Å². The first-order valence-electron chi connectivity index (χ1n) is 7.71. The van der Waals surface area contributed by atoms with Crippen LogP contribution in [0.2, 0.25) is 0 Å². The molecule has 2 fully saturated rings. The zero-order valence-electron chi connectivity index (χ0n) is 12.8. The fourth-order valence-electron chi connectivity index (χ4n) is 3.09. The summed E-state index contributed by atoms with van der Waals surface area (Å²) in [5.74, 6) is 1.17. The van der Waals surface area contributed by atoms with Gasteiger partial charge in [-0.2, -0.15) is 0 Å². The monoisotopic (exact) mass is 281 g/mol. The van der Waals surface area contributed by atoms with Crippen LogP contribution in [0.15, 0.2) is 0 Å². The molecule has 2 saturated heterocycles. The number of amides is 1. The lowest BCUT2D eigenvalue weighted by Gasteiger charge is -2.32. The molecule has 0 bridgehead atoms. The summed E-state index contributed by atoms with van der Waals surface area (Å²) >= 11 is 0. The van der Waals surface area contributed by atoms with E-state index in [1.54, 1.807) is 0 Å². The summed E-state index contributed by atoms with van der Waals surface area (Å²) in [6.07, 6.45) is 3.52. The number of likely N-dealkylation sites (N-methyl/N-ethyl adjacent to an activating group) is 1. The van der Waals surface area contributed by atoms with Crippen molar-refractivity contribution in [3.05, 3.63) is 0 Å². The summed E-state index contributed by atoms with van der Waals surface area (Å²) < 4.78 is 0. The molecule has 114 valence electrons. The van der Waals surface area contributed by atoms with Gasteiger partial charge in [0, 0.05) is 32.5 Å². The highest BCUT2D eigenvalue weighted by Gasteiger charge is 2.23. The van der Waals surface area contributed by atoms with E-state index in [9.17, 15) is 9.59 Å². The molecule has 0 aromatic carbocycles. The van der Waals surface area contributed by atoms with Crippen LogP contribution in [0, 0.1) is 5.92 Å². The minimum Gasteiger partial charge on any atom is -0.341 e. The van der Waals surface area contributed by atoms with E-state index in [1.807, 2.05) is 11.9 Å². The third-order valence-corrected chi connectivity index (χ3v) is 4.49. The predicted octanol–water partition coefficient (Wildman–Crippen LogP) is 0.452. The van der Waals surface area contributed by atoms with Crippen LogP contribution in [0.3, 0.4) is 0 Å². The number of ketones is 1. The van der Waals surface area contributed by atoms with Gasteiger partial charge in [0.1, 0.15) is 5.78 Å². The molecule has 0 spiro atoms. The minimum atomic E-state index is 0.174. The van der Waals surface area contributed by atoms with E-state index in [-0.39, 0.29) is 11.7 Å². The molecule has 0 N–H and O–H groups in total. The molecule has 20 heavy (non-hydrogen) atoms. The van der Waals surface area contributed by atoms with E-state index < -0.39 is 0 Å². The Balaban J connectivity index is 1.69. The number of Topliss-reactive ketones (excluding diaryl/α,β-unsaturated/α-hetero) is 1. The van der Waals surface area contributed by atoms with Gasteiger partial charge in [-0.3, -0.25) is 14.5 Å². The van der Waals surface area contributed by atoms with Crippen molar-refractivity contribution in [3.63, 3.8) is 0 Å². The maximum atomic E-state index is 12.2. The van der Waals surface area contributed by atoms with Gasteiger partial charge in [-0.25, -0.2) is 0 Å². The molecule has 2 aliphatic heterocycles. The first-order chi connectivity index (χ1) is 9.54. The van der Waals surface area contributed by atoms with Crippen LogP contribution in [0.25, 0.3) is 0 Å². The number of carbonyl (C=O) groups excluding carboxylic acids is 2. The number of carbonyl (C=O) groups is 2. The van der Waals surface area contributed by atoms with Crippen LogP contribution in [-0.4, -0.2) is 79.8 Å². The Morgan fingerprint density at radius 2 is 1.80 bits per heavy atom. The second-order valence-corrected chi connectivity index (χ2v) is 6.36. The van der Waals surface area contributed by atoms with Crippen molar-refractivity contribution in [1.29, 1.82) is 0 Å². The standard InChI is InChI=1S/C15H27N3O2/c1-16-7-3-13(4-8-16)11-17(2)12-15(20)18-9-5-14(19)6-10-18/h13H,3-12H2,1-2H3. The molecule has 0 aliphatic carbocycles. The quantitative estimate of drug-likeness (QED) is 0.750. The molecule has 0 aromatic heterocycles. The smallest absolute Gasteiger partial charge is 0.236 e. The number of likely N-dealkylation sites (tertiary alicyclic amines) is 2.